The predicted octanol–water partition coefficient (Wildman–Crippen LogP) is 6.07. The Balaban J connectivity index is 0.00000306. The molecule has 0 aliphatic rings. The lowest BCUT2D eigenvalue weighted by Crippen LogP contribution is -2.27. The molecule has 1 N–H and O–H groups in total. The zero-order valence-electron chi connectivity index (χ0n) is 20.0. The van der Waals surface area contributed by atoms with Crippen molar-refractivity contribution in [2.45, 2.75) is 46.2 Å². The minimum atomic E-state index is 0. The van der Waals surface area contributed by atoms with Crippen molar-refractivity contribution >= 4 is 34.2 Å². The molecule has 0 bridgehead atoms. The topological polar surface area (TPSA) is 33.1 Å². The number of nitrogens with one attached hydrogen (secondary N) is 1. The van der Waals surface area contributed by atoms with Crippen molar-refractivity contribution in [2.75, 3.05) is 26.2 Å². The molecule has 2 heterocycles. The highest BCUT2D eigenvalue weighted by Crippen LogP contribution is 2.30. The summed E-state index contributed by atoms with van der Waals surface area (Å²) in [6.45, 7) is 10.7. The van der Waals surface area contributed by atoms with Crippen molar-refractivity contribution in [1.82, 2.24) is 19.8 Å². The van der Waals surface area contributed by atoms with Gasteiger partial charge < -0.3 is 14.8 Å². The number of benzene rings is 2. The van der Waals surface area contributed by atoms with E-state index in [9.17, 15) is 0 Å². The highest BCUT2D eigenvalue weighted by molar-refractivity contribution is 6.08. The quantitative estimate of drug-likeness (QED) is 0.258. The lowest BCUT2D eigenvalue weighted by atomic mass is 10.1. The van der Waals surface area contributed by atoms with E-state index in [0.717, 1.165) is 64.2 Å². The molecule has 0 radical (unpaired) electrons. The maximum Gasteiger partial charge on any atom is 0.0784 e. The van der Waals surface area contributed by atoms with Crippen LogP contribution in [0.3, 0.4) is 0 Å². The van der Waals surface area contributed by atoms with E-state index >= 15 is 0 Å². The summed E-state index contributed by atoms with van der Waals surface area (Å²) in [5.74, 6) is 0. The molecule has 0 spiro atoms. The fourth-order valence-electron chi connectivity index (χ4n) is 4.69. The minimum Gasteiger partial charge on any atom is -0.339 e. The molecule has 0 aliphatic carbocycles. The summed E-state index contributed by atoms with van der Waals surface area (Å²) in [6.07, 6.45) is 5.34. The summed E-state index contributed by atoms with van der Waals surface area (Å²) in [7, 11) is 0. The van der Waals surface area contributed by atoms with Gasteiger partial charge in [0.05, 0.1) is 11.2 Å². The van der Waals surface area contributed by atoms with Crippen LogP contribution in [0, 0.1) is 0 Å². The van der Waals surface area contributed by atoms with Crippen LogP contribution in [-0.4, -0.2) is 40.6 Å². The number of halogens is 1. The van der Waals surface area contributed by atoms with Crippen LogP contribution in [0.4, 0.5) is 0 Å². The SMILES string of the molecule is CCN(CC)CCCNCc1nccc2c3ccccc3n(CCCc3ccccc3)c12.Cl. The first kappa shape index (κ1) is 25.2. The zero-order chi connectivity index (χ0) is 22.2. The van der Waals surface area contributed by atoms with Gasteiger partial charge in [-0.15, -0.1) is 12.4 Å². The fourth-order valence-corrected chi connectivity index (χ4v) is 4.69. The molecule has 0 saturated heterocycles. The van der Waals surface area contributed by atoms with Crippen molar-refractivity contribution in [3.8, 4) is 0 Å². The molecule has 0 saturated carbocycles. The number of aryl methyl sites for hydroxylation is 2. The van der Waals surface area contributed by atoms with E-state index in [1.54, 1.807) is 0 Å². The standard InChI is InChI=1S/C28H36N4.ClH/c1-3-31(4-2)20-11-18-29-22-26-28-25(17-19-30-26)24-15-8-9-16-27(24)32(28)21-10-14-23-12-6-5-7-13-23;/h5-9,12-13,15-17,19,29H,3-4,10-11,14,18,20-22H2,1-2H3;1H. The van der Waals surface area contributed by atoms with E-state index in [0.29, 0.717) is 0 Å². The minimum absolute atomic E-state index is 0. The predicted molar refractivity (Wildman–Crippen MR) is 143 cm³/mol. The Bertz CT molecular complexity index is 1120. The molecule has 4 rings (SSSR count). The van der Waals surface area contributed by atoms with Gasteiger partial charge in [-0.2, -0.15) is 0 Å². The Labute approximate surface area is 204 Å². The lowest BCUT2D eigenvalue weighted by molar-refractivity contribution is 0.298. The second kappa shape index (κ2) is 12.7. The van der Waals surface area contributed by atoms with Gasteiger partial charge in [-0.1, -0.05) is 62.4 Å². The van der Waals surface area contributed by atoms with Gasteiger partial charge in [-0.3, -0.25) is 4.98 Å². The van der Waals surface area contributed by atoms with Gasteiger partial charge in [-0.25, -0.2) is 0 Å². The largest absolute Gasteiger partial charge is 0.339 e. The van der Waals surface area contributed by atoms with E-state index < -0.39 is 0 Å². The first-order valence-electron chi connectivity index (χ1n) is 12.1. The second-order valence-electron chi connectivity index (χ2n) is 8.47. The van der Waals surface area contributed by atoms with Crippen LogP contribution in [0.2, 0.25) is 0 Å². The Kier molecular flexibility index (Phi) is 9.74. The van der Waals surface area contributed by atoms with Gasteiger partial charge in [-0.05, 0) is 63.1 Å². The number of rotatable bonds is 12. The van der Waals surface area contributed by atoms with Crippen LogP contribution in [0.15, 0.2) is 66.9 Å². The van der Waals surface area contributed by atoms with Crippen molar-refractivity contribution in [3.05, 3.63) is 78.1 Å². The molecule has 0 atom stereocenters. The molecule has 2 aromatic heterocycles. The van der Waals surface area contributed by atoms with Gasteiger partial charge in [0.1, 0.15) is 0 Å². The fraction of sp³-hybridized carbons (Fsp3) is 0.393. The smallest absolute Gasteiger partial charge is 0.0784 e. The first-order chi connectivity index (χ1) is 15.8. The molecular weight excluding hydrogens is 428 g/mol. The third-order valence-corrected chi connectivity index (χ3v) is 6.46. The zero-order valence-corrected chi connectivity index (χ0v) is 20.8. The first-order valence-corrected chi connectivity index (χ1v) is 12.1. The molecule has 2 aromatic carbocycles. The summed E-state index contributed by atoms with van der Waals surface area (Å²) in [5, 5.41) is 6.29. The lowest BCUT2D eigenvalue weighted by Gasteiger charge is -2.17. The van der Waals surface area contributed by atoms with E-state index in [2.05, 4.69) is 89.3 Å². The number of pyridine rings is 1. The van der Waals surface area contributed by atoms with Crippen LogP contribution in [0.25, 0.3) is 21.8 Å². The average Bonchev–Trinajstić information content (AvgIpc) is 3.17. The monoisotopic (exact) mass is 464 g/mol. The number of hydrogen-bond donors (Lipinski definition) is 1. The van der Waals surface area contributed by atoms with Crippen LogP contribution < -0.4 is 5.32 Å². The second-order valence-corrected chi connectivity index (χ2v) is 8.47. The highest BCUT2D eigenvalue weighted by atomic mass is 35.5. The van der Waals surface area contributed by atoms with Crippen LogP contribution in [-0.2, 0) is 19.5 Å². The highest BCUT2D eigenvalue weighted by Gasteiger charge is 2.14. The number of fused-ring (bicyclic) bond motifs is 3. The summed E-state index contributed by atoms with van der Waals surface area (Å²) in [5.41, 5.74) is 5.16. The maximum atomic E-state index is 4.80. The molecule has 0 unspecified atom stereocenters. The molecule has 0 fully saturated rings. The third kappa shape index (κ3) is 6.14. The van der Waals surface area contributed by atoms with Crippen LogP contribution in [0.5, 0.6) is 0 Å². The van der Waals surface area contributed by atoms with Crippen LogP contribution in [0.1, 0.15) is 37.9 Å². The van der Waals surface area contributed by atoms with Crippen molar-refractivity contribution < 1.29 is 0 Å². The number of para-hydroxylation sites is 1. The van der Waals surface area contributed by atoms with Gasteiger partial charge in [0.15, 0.2) is 0 Å². The Hall–Kier alpha value is -2.40. The van der Waals surface area contributed by atoms with Gasteiger partial charge in [0, 0.05) is 35.6 Å². The molecule has 4 nitrogen and oxygen atoms in total. The van der Waals surface area contributed by atoms with E-state index in [-0.39, 0.29) is 12.4 Å². The molecular formula is C28H37ClN4. The van der Waals surface area contributed by atoms with Crippen LogP contribution >= 0.6 is 12.4 Å². The van der Waals surface area contributed by atoms with Crippen molar-refractivity contribution in [2.24, 2.45) is 0 Å². The van der Waals surface area contributed by atoms with Crippen molar-refractivity contribution in [3.63, 3.8) is 0 Å². The van der Waals surface area contributed by atoms with Crippen molar-refractivity contribution in [1.29, 1.82) is 0 Å². The number of hydrogen-bond acceptors (Lipinski definition) is 3. The molecule has 4 aromatic rings. The molecule has 176 valence electrons. The molecule has 5 heteroatoms. The number of nitrogens with zero attached hydrogens (tertiary/aromatic N) is 3. The summed E-state index contributed by atoms with van der Waals surface area (Å²) in [6, 6.07) is 21.7. The summed E-state index contributed by atoms with van der Waals surface area (Å²) >= 11 is 0. The molecule has 0 aliphatic heterocycles. The van der Waals surface area contributed by atoms with Gasteiger partial charge in [0.25, 0.3) is 0 Å². The molecule has 33 heavy (non-hydrogen) atoms. The third-order valence-electron chi connectivity index (χ3n) is 6.46. The Morgan fingerprint density at radius 3 is 2.42 bits per heavy atom. The Morgan fingerprint density at radius 2 is 1.64 bits per heavy atom. The van der Waals surface area contributed by atoms with E-state index in [4.69, 9.17) is 4.98 Å². The Morgan fingerprint density at radius 1 is 0.879 bits per heavy atom. The van der Waals surface area contributed by atoms with E-state index in [1.165, 1.54) is 27.4 Å². The van der Waals surface area contributed by atoms with Gasteiger partial charge in [0.2, 0.25) is 0 Å². The van der Waals surface area contributed by atoms with E-state index in [1.807, 2.05) is 6.20 Å². The number of aromatic nitrogens is 2. The maximum absolute atomic E-state index is 4.80. The normalized spacial score (nSPS) is 11.4. The molecule has 0 amide bonds. The average molecular weight is 465 g/mol. The summed E-state index contributed by atoms with van der Waals surface area (Å²) < 4.78 is 2.49. The summed E-state index contributed by atoms with van der Waals surface area (Å²) in [4.78, 5) is 7.28. The van der Waals surface area contributed by atoms with Gasteiger partial charge >= 0.3 is 0 Å².